The molecule has 6 rings (SSSR count). The molecule has 3 aromatic carbocycles. The molecule has 2 aliphatic rings. The molecule has 10 atom stereocenters. The first-order valence-electron chi connectivity index (χ1n) is 16.0. The minimum Gasteiger partial charge on any atom is -0.508 e. The third kappa shape index (κ3) is 7.07. The average Bonchev–Trinajstić information content (AvgIpc) is 3.12. The van der Waals surface area contributed by atoms with Gasteiger partial charge in [-0.2, -0.15) is 0 Å². The lowest BCUT2D eigenvalue weighted by Crippen LogP contribution is -2.62. The molecular weight excluding hydrogens is 728 g/mol. The zero-order chi connectivity index (χ0) is 39.3. The van der Waals surface area contributed by atoms with Gasteiger partial charge in [0.2, 0.25) is 17.5 Å². The molecule has 290 valence electrons. The van der Waals surface area contributed by atoms with Crippen LogP contribution in [-0.4, -0.2) is 135 Å². The van der Waals surface area contributed by atoms with Gasteiger partial charge in [0.15, 0.2) is 46.9 Å². The fraction of sp³-hybridized carbons (Fsp3) is 0.353. The molecule has 12 N–H and O–H groups in total. The minimum absolute atomic E-state index is 0.139. The van der Waals surface area contributed by atoms with E-state index in [1.54, 1.807) is 0 Å². The van der Waals surface area contributed by atoms with Gasteiger partial charge in [-0.25, -0.2) is 4.79 Å². The van der Waals surface area contributed by atoms with E-state index in [1.165, 1.54) is 13.0 Å². The number of hydrogen-bond acceptors (Lipinski definition) is 20. The molecule has 20 heteroatoms. The van der Waals surface area contributed by atoms with Gasteiger partial charge in [0, 0.05) is 17.7 Å². The van der Waals surface area contributed by atoms with Gasteiger partial charge < -0.3 is 89.4 Å². The lowest BCUT2D eigenvalue weighted by molar-refractivity contribution is -0.318. The third-order valence-corrected chi connectivity index (χ3v) is 8.82. The number of aliphatic hydroxyl groups is 5. The Balaban J connectivity index is 1.41. The van der Waals surface area contributed by atoms with Crippen molar-refractivity contribution in [3.8, 4) is 57.3 Å². The van der Waals surface area contributed by atoms with Gasteiger partial charge in [-0.1, -0.05) is 0 Å². The number of aliphatic hydroxyl groups excluding tert-OH is 5. The zero-order valence-corrected chi connectivity index (χ0v) is 27.7. The Morgan fingerprint density at radius 2 is 1.41 bits per heavy atom. The summed E-state index contributed by atoms with van der Waals surface area (Å²) < 4.78 is 33.9. The quantitative estimate of drug-likeness (QED) is 0.0779. The predicted octanol–water partition coefficient (Wildman–Crippen LogP) is -0.706. The summed E-state index contributed by atoms with van der Waals surface area (Å²) in [6, 6.07) is 6.33. The van der Waals surface area contributed by atoms with Crippen LogP contribution in [0.2, 0.25) is 0 Å². The highest BCUT2D eigenvalue weighted by Crippen LogP contribution is 2.40. The molecule has 1 aromatic heterocycles. The SMILES string of the molecule is CC1O[C@@H](OCC2O[C@@H](Oc3c(-c4ccc(O)c(O)c4)oc4cc(O)cc(O)c4c3=O)C(OC(=O)c3cc(O)c(O)c(O)c3)[C@@H](O)[C@@H]2O)[C@@H](O)C(O)[C@H]1O. The maximum absolute atomic E-state index is 14.0. The van der Waals surface area contributed by atoms with E-state index in [-0.39, 0.29) is 11.1 Å². The molecule has 0 amide bonds. The summed E-state index contributed by atoms with van der Waals surface area (Å²) >= 11 is 0. The van der Waals surface area contributed by atoms with Gasteiger partial charge in [0.05, 0.1) is 18.3 Å². The molecule has 4 unspecified atom stereocenters. The maximum Gasteiger partial charge on any atom is 0.339 e. The Hall–Kier alpha value is -5.58. The Morgan fingerprint density at radius 3 is 2.07 bits per heavy atom. The summed E-state index contributed by atoms with van der Waals surface area (Å²) in [6.45, 7) is 0.628. The van der Waals surface area contributed by atoms with Crippen molar-refractivity contribution in [2.75, 3.05) is 6.61 Å². The van der Waals surface area contributed by atoms with Crippen LogP contribution in [0.25, 0.3) is 22.3 Å². The summed E-state index contributed by atoms with van der Waals surface area (Å²) in [4.78, 5) is 27.3. The van der Waals surface area contributed by atoms with E-state index in [2.05, 4.69) is 0 Å². The monoisotopic (exact) mass is 762 g/mol. The Labute approximate surface area is 301 Å². The molecule has 2 fully saturated rings. The van der Waals surface area contributed by atoms with Crippen molar-refractivity contribution < 1.29 is 94.2 Å². The fourth-order valence-electron chi connectivity index (χ4n) is 5.86. The molecule has 0 aliphatic carbocycles. The van der Waals surface area contributed by atoms with Crippen LogP contribution in [0.3, 0.4) is 0 Å². The first-order valence-corrected chi connectivity index (χ1v) is 16.0. The maximum atomic E-state index is 14.0. The molecule has 0 spiro atoms. The molecule has 20 nitrogen and oxygen atoms in total. The smallest absolute Gasteiger partial charge is 0.339 e. The summed E-state index contributed by atoms with van der Waals surface area (Å²) in [6.07, 6.45) is -17.7. The molecule has 0 radical (unpaired) electrons. The predicted molar refractivity (Wildman–Crippen MR) is 175 cm³/mol. The molecule has 3 heterocycles. The third-order valence-electron chi connectivity index (χ3n) is 8.82. The van der Waals surface area contributed by atoms with Crippen molar-refractivity contribution in [2.24, 2.45) is 0 Å². The van der Waals surface area contributed by atoms with Crippen LogP contribution in [0.4, 0.5) is 0 Å². The number of esters is 1. The summed E-state index contributed by atoms with van der Waals surface area (Å²) in [5.74, 6) is -8.16. The van der Waals surface area contributed by atoms with E-state index >= 15 is 0 Å². The van der Waals surface area contributed by atoms with Gasteiger partial charge in [-0.05, 0) is 37.3 Å². The van der Waals surface area contributed by atoms with Crippen LogP contribution in [-0.2, 0) is 18.9 Å². The van der Waals surface area contributed by atoms with Crippen LogP contribution in [0.1, 0.15) is 17.3 Å². The van der Waals surface area contributed by atoms with Crippen molar-refractivity contribution in [1.82, 2.24) is 0 Å². The van der Waals surface area contributed by atoms with Crippen molar-refractivity contribution in [1.29, 1.82) is 0 Å². The Morgan fingerprint density at radius 1 is 0.722 bits per heavy atom. The lowest BCUT2D eigenvalue weighted by Gasteiger charge is -2.43. The highest BCUT2D eigenvalue weighted by atomic mass is 16.7. The number of ether oxygens (including phenoxy) is 5. The summed E-state index contributed by atoms with van der Waals surface area (Å²) in [5, 5.41) is 123. The standard InChI is InChI=1S/C34H34O20/c1-10-22(41)26(45)28(47)33(50-10)49-9-20-24(43)27(46)31(53-32(48)12-5-17(39)23(42)18(40)6-12)34(52-20)54-30-25(44)21-16(38)7-13(35)8-19(21)51-29(30)11-2-3-14(36)15(37)4-11/h2-8,10,20,22,24,26-28,31,33-43,45-47H,9H2,1H3/t10?,20?,22-,24+,26?,27-,28-,31?,33+,34-/m0/s1. The van der Waals surface area contributed by atoms with Crippen LogP contribution in [0.5, 0.6) is 46.0 Å². The summed E-state index contributed by atoms with van der Waals surface area (Å²) in [7, 11) is 0. The second-order valence-corrected chi connectivity index (χ2v) is 12.5. The highest BCUT2D eigenvalue weighted by molar-refractivity contribution is 5.91. The van der Waals surface area contributed by atoms with Crippen molar-refractivity contribution in [2.45, 2.75) is 68.3 Å². The number of phenolic OH excluding ortho intramolecular Hbond substituents is 7. The number of carbonyl (C=O) groups excluding carboxylic acids is 1. The van der Waals surface area contributed by atoms with E-state index in [0.29, 0.717) is 12.1 Å². The number of phenols is 7. The van der Waals surface area contributed by atoms with Gasteiger partial charge in [0.25, 0.3) is 0 Å². The van der Waals surface area contributed by atoms with E-state index in [0.717, 1.165) is 24.3 Å². The largest absolute Gasteiger partial charge is 0.508 e. The van der Waals surface area contributed by atoms with E-state index < -0.39 is 142 Å². The fourth-order valence-corrected chi connectivity index (χ4v) is 5.86. The highest BCUT2D eigenvalue weighted by Gasteiger charge is 2.50. The second-order valence-electron chi connectivity index (χ2n) is 12.5. The first-order chi connectivity index (χ1) is 25.5. The van der Waals surface area contributed by atoms with Crippen LogP contribution in [0.15, 0.2) is 51.7 Å². The number of carbonyl (C=O) groups is 1. The minimum atomic E-state index is -2.16. The summed E-state index contributed by atoms with van der Waals surface area (Å²) in [5.41, 5.74) is -2.25. The van der Waals surface area contributed by atoms with Crippen LogP contribution >= 0.6 is 0 Å². The van der Waals surface area contributed by atoms with Gasteiger partial charge in [0.1, 0.15) is 59.1 Å². The average molecular weight is 763 g/mol. The lowest BCUT2D eigenvalue weighted by atomic mass is 9.98. The number of fused-ring (bicyclic) bond motifs is 1. The van der Waals surface area contributed by atoms with Crippen molar-refractivity contribution in [3.05, 3.63) is 58.3 Å². The normalized spacial score (nSPS) is 28.5. The Bertz CT molecular complexity index is 2090. The first kappa shape index (κ1) is 38.2. The number of benzene rings is 3. The number of rotatable bonds is 8. The number of hydrogen-bond donors (Lipinski definition) is 12. The van der Waals surface area contributed by atoms with Crippen molar-refractivity contribution in [3.63, 3.8) is 0 Å². The second kappa shape index (κ2) is 14.7. The van der Waals surface area contributed by atoms with Crippen LogP contribution in [0, 0.1) is 0 Å². The number of aromatic hydroxyl groups is 7. The molecule has 4 aromatic rings. The molecular formula is C34H34O20. The van der Waals surface area contributed by atoms with Gasteiger partial charge in [-0.3, -0.25) is 4.79 Å². The van der Waals surface area contributed by atoms with E-state index in [1.807, 2.05) is 0 Å². The molecule has 54 heavy (non-hydrogen) atoms. The molecule has 0 bridgehead atoms. The molecule has 2 aliphatic heterocycles. The van der Waals surface area contributed by atoms with E-state index in [9.17, 15) is 70.9 Å². The van der Waals surface area contributed by atoms with Crippen LogP contribution < -0.4 is 10.2 Å². The topological polar surface area (TPSA) is 336 Å². The van der Waals surface area contributed by atoms with Crippen molar-refractivity contribution >= 4 is 16.9 Å². The molecule has 0 saturated carbocycles. The Kier molecular flexibility index (Phi) is 10.4. The molecule has 2 saturated heterocycles. The van der Waals surface area contributed by atoms with Gasteiger partial charge >= 0.3 is 5.97 Å². The zero-order valence-electron chi connectivity index (χ0n) is 27.7. The van der Waals surface area contributed by atoms with E-state index in [4.69, 9.17) is 28.1 Å². The van der Waals surface area contributed by atoms with Gasteiger partial charge in [-0.15, -0.1) is 0 Å².